The number of nitrogens with two attached hydrogens (primary N) is 1. The highest BCUT2D eigenvalue weighted by molar-refractivity contribution is 5.87. The smallest absolute Gasteiger partial charge is 0.229 e. The average Bonchev–Trinajstić information content (AvgIpc) is 2.02. The normalized spacial score (nSPS) is 32.9. The molecule has 0 saturated heterocycles. The van der Waals surface area contributed by atoms with Gasteiger partial charge in [0.25, 0.3) is 0 Å². The van der Waals surface area contributed by atoms with E-state index in [1.165, 1.54) is 6.42 Å². The van der Waals surface area contributed by atoms with Crippen LogP contribution in [0.5, 0.6) is 0 Å². The minimum atomic E-state index is -0.465. The van der Waals surface area contributed by atoms with Crippen molar-refractivity contribution < 1.29 is 4.79 Å². The molecule has 1 heterocycles. The van der Waals surface area contributed by atoms with Crippen LogP contribution in [0.1, 0.15) is 19.3 Å². The van der Waals surface area contributed by atoms with Crippen molar-refractivity contribution in [3.8, 4) is 0 Å². The van der Waals surface area contributed by atoms with Crippen molar-refractivity contribution in [1.29, 1.82) is 0 Å². The minimum absolute atomic E-state index is 0.217. The molecule has 2 aliphatic rings. The number of dihydropyridines is 1. The van der Waals surface area contributed by atoms with Crippen molar-refractivity contribution in [2.75, 3.05) is 6.54 Å². The number of nitrogens with zero attached hydrogens (tertiary/aromatic N) is 1. The Morgan fingerprint density at radius 1 is 1.54 bits per heavy atom. The third-order valence-electron chi connectivity index (χ3n) is 3.23. The molecule has 1 fully saturated rings. The summed E-state index contributed by atoms with van der Waals surface area (Å²) in [7, 11) is 0. The number of allylic oxidation sites excluding steroid dienone is 1. The Hall–Kier alpha value is -1.12. The first kappa shape index (κ1) is 8.48. The summed E-state index contributed by atoms with van der Waals surface area (Å²) in [5.41, 5.74) is 4.98. The lowest BCUT2D eigenvalue weighted by molar-refractivity contribution is -0.128. The van der Waals surface area contributed by atoms with Crippen LogP contribution in [-0.2, 0) is 4.79 Å². The molecule has 0 aromatic rings. The lowest BCUT2D eigenvalue weighted by Crippen LogP contribution is -2.47. The molecule has 0 aromatic heterocycles. The van der Waals surface area contributed by atoms with Gasteiger partial charge in [0, 0.05) is 6.21 Å². The number of primary amides is 1. The van der Waals surface area contributed by atoms with E-state index in [-0.39, 0.29) is 5.91 Å². The number of hydrogen-bond donors (Lipinski definition) is 1. The molecule has 3 heteroatoms. The Bertz CT molecular complexity index is 279. The van der Waals surface area contributed by atoms with Crippen LogP contribution in [0.3, 0.4) is 0 Å². The molecule has 13 heavy (non-hydrogen) atoms. The van der Waals surface area contributed by atoms with E-state index in [2.05, 4.69) is 4.99 Å². The van der Waals surface area contributed by atoms with Crippen LogP contribution in [0.2, 0.25) is 0 Å². The Kier molecular flexibility index (Phi) is 1.94. The summed E-state index contributed by atoms with van der Waals surface area (Å²) in [4.78, 5) is 15.5. The molecule has 1 saturated carbocycles. The molecule has 0 radical (unpaired) electrons. The fourth-order valence-corrected chi connectivity index (χ4v) is 2.08. The van der Waals surface area contributed by atoms with Gasteiger partial charge >= 0.3 is 0 Å². The molecule has 2 rings (SSSR count). The van der Waals surface area contributed by atoms with Crippen LogP contribution in [0, 0.1) is 11.3 Å². The quantitative estimate of drug-likeness (QED) is 0.671. The number of carbonyl (C=O) groups is 1. The number of carbonyl (C=O) groups excluding carboxylic acids is 1. The summed E-state index contributed by atoms with van der Waals surface area (Å²) >= 11 is 0. The molecule has 1 unspecified atom stereocenters. The molecule has 0 spiro atoms. The average molecular weight is 178 g/mol. The van der Waals surface area contributed by atoms with E-state index in [1.807, 2.05) is 12.2 Å². The van der Waals surface area contributed by atoms with E-state index in [1.54, 1.807) is 6.21 Å². The first-order valence-corrected chi connectivity index (χ1v) is 4.73. The molecule has 3 nitrogen and oxygen atoms in total. The zero-order valence-electron chi connectivity index (χ0n) is 7.57. The van der Waals surface area contributed by atoms with E-state index in [0.717, 1.165) is 12.8 Å². The number of rotatable bonds is 2. The largest absolute Gasteiger partial charge is 0.369 e. The van der Waals surface area contributed by atoms with Crippen molar-refractivity contribution in [1.82, 2.24) is 0 Å². The molecule has 70 valence electrons. The highest BCUT2D eigenvalue weighted by Gasteiger charge is 2.45. The Balaban J connectivity index is 2.24. The van der Waals surface area contributed by atoms with Gasteiger partial charge in [0.15, 0.2) is 0 Å². The molecule has 2 N–H and O–H groups in total. The zero-order valence-corrected chi connectivity index (χ0v) is 7.57. The van der Waals surface area contributed by atoms with E-state index in [0.29, 0.717) is 12.5 Å². The highest BCUT2D eigenvalue weighted by atomic mass is 16.1. The molecule has 1 aliphatic heterocycles. The Morgan fingerprint density at radius 2 is 2.31 bits per heavy atom. The number of amides is 1. The maximum atomic E-state index is 11.4. The van der Waals surface area contributed by atoms with Crippen LogP contribution < -0.4 is 5.73 Å². The van der Waals surface area contributed by atoms with Gasteiger partial charge in [-0.15, -0.1) is 0 Å². The second-order valence-electron chi connectivity index (χ2n) is 3.88. The Labute approximate surface area is 77.7 Å². The predicted octanol–water partition coefficient (Wildman–Crippen LogP) is 0.899. The first-order valence-electron chi connectivity index (χ1n) is 4.73. The van der Waals surface area contributed by atoms with Gasteiger partial charge in [0.2, 0.25) is 5.91 Å². The second kappa shape index (κ2) is 2.98. The standard InChI is InChI=1S/C10H14N2O/c11-9(13)10(8-3-1-4-8)5-2-6-12-7-10/h2,5-6,8H,1,3-4,7H2,(H2,11,13). The van der Waals surface area contributed by atoms with Gasteiger partial charge in [-0.25, -0.2) is 0 Å². The maximum absolute atomic E-state index is 11.4. The van der Waals surface area contributed by atoms with Crippen molar-refractivity contribution in [2.24, 2.45) is 22.1 Å². The number of aliphatic imine (C=N–C) groups is 1. The van der Waals surface area contributed by atoms with Crippen LogP contribution in [0.4, 0.5) is 0 Å². The van der Waals surface area contributed by atoms with Gasteiger partial charge in [-0.05, 0) is 24.8 Å². The van der Waals surface area contributed by atoms with Gasteiger partial charge in [-0.2, -0.15) is 0 Å². The lowest BCUT2D eigenvalue weighted by atomic mass is 9.64. The van der Waals surface area contributed by atoms with Crippen LogP contribution in [0.25, 0.3) is 0 Å². The third kappa shape index (κ3) is 1.19. The Morgan fingerprint density at radius 3 is 2.69 bits per heavy atom. The molecular formula is C10H14N2O. The van der Waals surface area contributed by atoms with Gasteiger partial charge in [0.1, 0.15) is 0 Å². The SMILES string of the molecule is NC(=O)C1(C2CCC2)C=CC=NC1. The molecule has 1 aliphatic carbocycles. The van der Waals surface area contributed by atoms with Gasteiger partial charge in [0.05, 0.1) is 12.0 Å². The van der Waals surface area contributed by atoms with Crippen molar-refractivity contribution in [3.05, 3.63) is 12.2 Å². The van der Waals surface area contributed by atoms with Gasteiger partial charge < -0.3 is 5.73 Å². The van der Waals surface area contributed by atoms with Crippen LogP contribution in [-0.4, -0.2) is 18.7 Å². The summed E-state index contributed by atoms with van der Waals surface area (Å²) in [6, 6.07) is 0. The minimum Gasteiger partial charge on any atom is -0.369 e. The van der Waals surface area contributed by atoms with Crippen molar-refractivity contribution in [3.63, 3.8) is 0 Å². The molecule has 1 atom stereocenters. The number of hydrogen-bond acceptors (Lipinski definition) is 2. The topological polar surface area (TPSA) is 55.5 Å². The van der Waals surface area contributed by atoms with Gasteiger partial charge in [-0.1, -0.05) is 12.5 Å². The van der Waals surface area contributed by atoms with E-state index in [9.17, 15) is 4.79 Å². The summed E-state index contributed by atoms with van der Waals surface area (Å²) in [6.07, 6.45) is 8.96. The fraction of sp³-hybridized carbons (Fsp3) is 0.600. The van der Waals surface area contributed by atoms with E-state index >= 15 is 0 Å². The maximum Gasteiger partial charge on any atom is 0.229 e. The summed E-state index contributed by atoms with van der Waals surface area (Å²) in [5, 5.41) is 0. The lowest BCUT2D eigenvalue weighted by Gasteiger charge is -2.41. The summed E-state index contributed by atoms with van der Waals surface area (Å²) < 4.78 is 0. The van der Waals surface area contributed by atoms with Crippen LogP contribution >= 0.6 is 0 Å². The molecule has 1 amide bonds. The fourth-order valence-electron chi connectivity index (χ4n) is 2.08. The van der Waals surface area contributed by atoms with E-state index < -0.39 is 5.41 Å². The molecule has 0 bridgehead atoms. The first-order chi connectivity index (χ1) is 6.26. The van der Waals surface area contributed by atoms with Crippen molar-refractivity contribution in [2.45, 2.75) is 19.3 Å². The van der Waals surface area contributed by atoms with E-state index in [4.69, 9.17) is 5.73 Å². The van der Waals surface area contributed by atoms with Gasteiger partial charge in [-0.3, -0.25) is 9.79 Å². The highest BCUT2D eigenvalue weighted by Crippen LogP contribution is 2.44. The van der Waals surface area contributed by atoms with Crippen LogP contribution in [0.15, 0.2) is 17.1 Å². The summed E-state index contributed by atoms with van der Waals surface area (Å²) in [5.74, 6) is 0.212. The summed E-state index contributed by atoms with van der Waals surface area (Å²) in [6.45, 7) is 0.545. The van der Waals surface area contributed by atoms with Crippen molar-refractivity contribution >= 4 is 12.1 Å². The zero-order chi connectivity index (χ0) is 9.31. The monoisotopic (exact) mass is 178 g/mol. The second-order valence-corrected chi connectivity index (χ2v) is 3.88. The predicted molar refractivity (Wildman–Crippen MR) is 51.5 cm³/mol. The molecular weight excluding hydrogens is 164 g/mol. The third-order valence-corrected chi connectivity index (χ3v) is 3.23. The molecule has 0 aromatic carbocycles.